The summed E-state index contributed by atoms with van der Waals surface area (Å²) in [6.07, 6.45) is 6.63. The monoisotopic (exact) mass is 445 g/mol. The van der Waals surface area contributed by atoms with Crippen molar-refractivity contribution in [1.29, 1.82) is 0 Å². The van der Waals surface area contributed by atoms with Crippen LogP contribution in [0.1, 0.15) is 41.6 Å². The molecule has 0 unspecified atom stereocenters. The van der Waals surface area contributed by atoms with Crippen molar-refractivity contribution in [3.8, 4) is 11.4 Å². The van der Waals surface area contributed by atoms with Gasteiger partial charge in [-0.05, 0) is 74.2 Å². The highest BCUT2D eigenvalue weighted by atomic mass is 16.5. The van der Waals surface area contributed by atoms with Gasteiger partial charge in [0.15, 0.2) is 0 Å². The Morgan fingerprint density at radius 3 is 2.36 bits per heavy atom. The topological polar surface area (TPSA) is 63.6 Å². The Balaban J connectivity index is 1.17. The van der Waals surface area contributed by atoms with Gasteiger partial charge in [0, 0.05) is 49.2 Å². The first-order valence-corrected chi connectivity index (χ1v) is 11.6. The van der Waals surface area contributed by atoms with Gasteiger partial charge in [0.1, 0.15) is 5.75 Å². The van der Waals surface area contributed by atoms with E-state index in [0.29, 0.717) is 38.1 Å². The molecule has 0 aliphatic carbocycles. The molecule has 1 aliphatic rings. The van der Waals surface area contributed by atoms with Crippen LogP contribution in [0.25, 0.3) is 5.69 Å². The minimum atomic E-state index is 0.0483. The van der Waals surface area contributed by atoms with Gasteiger partial charge in [0.25, 0.3) is 5.91 Å². The van der Waals surface area contributed by atoms with E-state index in [-0.39, 0.29) is 17.9 Å². The molecule has 0 bridgehead atoms. The summed E-state index contributed by atoms with van der Waals surface area (Å²) in [5.74, 6) is 0.968. The van der Waals surface area contributed by atoms with Crippen molar-refractivity contribution in [1.82, 2.24) is 14.8 Å². The van der Waals surface area contributed by atoms with Crippen LogP contribution in [0.15, 0.2) is 73.1 Å². The quantitative estimate of drug-likeness (QED) is 0.524. The fourth-order valence-electron chi connectivity index (χ4n) is 4.13. The molecule has 3 aromatic rings. The maximum atomic E-state index is 12.9. The third kappa shape index (κ3) is 6.04. The predicted molar refractivity (Wildman–Crippen MR) is 129 cm³/mol. The van der Waals surface area contributed by atoms with Gasteiger partial charge in [0.2, 0.25) is 5.91 Å². The normalized spacial score (nSPS) is 14.2. The van der Waals surface area contributed by atoms with Crippen LogP contribution < -0.4 is 10.1 Å². The van der Waals surface area contributed by atoms with Crippen molar-refractivity contribution in [2.24, 2.45) is 0 Å². The van der Waals surface area contributed by atoms with Crippen LogP contribution >= 0.6 is 0 Å². The van der Waals surface area contributed by atoms with E-state index in [1.807, 2.05) is 89.4 Å². The lowest BCUT2D eigenvalue weighted by Crippen LogP contribution is -2.46. The van der Waals surface area contributed by atoms with E-state index in [9.17, 15) is 9.59 Å². The number of benzene rings is 2. The highest BCUT2D eigenvalue weighted by molar-refractivity contribution is 5.94. The zero-order valence-electron chi connectivity index (χ0n) is 19.1. The van der Waals surface area contributed by atoms with E-state index in [2.05, 4.69) is 5.32 Å². The summed E-state index contributed by atoms with van der Waals surface area (Å²) >= 11 is 0. The van der Waals surface area contributed by atoms with Crippen molar-refractivity contribution < 1.29 is 14.3 Å². The number of nitrogens with one attached hydrogen (secondary N) is 1. The Bertz CT molecular complexity index is 1050. The predicted octanol–water partition coefficient (Wildman–Crippen LogP) is 4.37. The Kier molecular flexibility index (Phi) is 7.45. The van der Waals surface area contributed by atoms with Crippen molar-refractivity contribution in [2.75, 3.05) is 19.7 Å². The van der Waals surface area contributed by atoms with Crippen molar-refractivity contribution in [3.63, 3.8) is 0 Å². The molecule has 0 spiro atoms. The highest BCUT2D eigenvalue weighted by Crippen LogP contribution is 2.18. The molecule has 2 heterocycles. The third-order valence-electron chi connectivity index (χ3n) is 6.06. The molecule has 1 aliphatic heterocycles. The number of hydrogen-bond acceptors (Lipinski definition) is 3. The number of aromatic nitrogens is 1. The molecule has 1 saturated heterocycles. The molecule has 0 saturated carbocycles. The van der Waals surface area contributed by atoms with E-state index in [4.69, 9.17) is 4.74 Å². The second-order valence-electron chi connectivity index (χ2n) is 8.49. The lowest BCUT2D eigenvalue weighted by Gasteiger charge is -2.32. The largest absolute Gasteiger partial charge is 0.493 e. The number of ether oxygens (including phenoxy) is 1. The first kappa shape index (κ1) is 22.6. The maximum absolute atomic E-state index is 12.9. The van der Waals surface area contributed by atoms with Gasteiger partial charge in [-0.3, -0.25) is 9.59 Å². The van der Waals surface area contributed by atoms with Gasteiger partial charge in [-0.25, -0.2) is 0 Å². The summed E-state index contributed by atoms with van der Waals surface area (Å²) in [5, 5.41) is 3.12. The summed E-state index contributed by atoms with van der Waals surface area (Å²) in [4.78, 5) is 27.0. The fraction of sp³-hybridized carbons (Fsp3) is 0.333. The molecule has 33 heavy (non-hydrogen) atoms. The maximum Gasteiger partial charge on any atom is 0.253 e. The number of nitrogens with zero attached hydrogens (tertiary/aromatic N) is 2. The number of rotatable bonds is 8. The van der Waals surface area contributed by atoms with E-state index in [1.165, 1.54) is 0 Å². The van der Waals surface area contributed by atoms with Crippen LogP contribution in [0, 0.1) is 6.92 Å². The van der Waals surface area contributed by atoms with E-state index in [1.54, 1.807) is 0 Å². The molecule has 4 rings (SSSR count). The van der Waals surface area contributed by atoms with Crippen molar-refractivity contribution in [3.05, 3.63) is 84.2 Å². The number of carbonyl (C=O) groups is 2. The molecule has 2 aromatic carbocycles. The van der Waals surface area contributed by atoms with Crippen molar-refractivity contribution in [2.45, 2.75) is 38.6 Å². The molecular formula is C27H31N3O3. The van der Waals surface area contributed by atoms with E-state index < -0.39 is 0 Å². The highest BCUT2D eigenvalue weighted by Gasteiger charge is 2.24. The first-order chi connectivity index (χ1) is 16.1. The zero-order valence-corrected chi connectivity index (χ0v) is 19.1. The zero-order chi connectivity index (χ0) is 23.0. The van der Waals surface area contributed by atoms with E-state index >= 15 is 0 Å². The average Bonchev–Trinajstić information content (AvgIpc) is 3.38. The average molecular weight is 446 g/mol. The summed E-state index contributed by atoms with van der Waals surface area (Å²) < 4.78 is 7.77. The SMILES string of the molecule is Cc1ccccc1OCCCC(=O)NC1CCN(C(=O)c2ccc(-n3cccc3)cc2)CC1. The van der Waals surface area contributed by atoms with Gasteiger partial charge in [0.05, 0.1) is 6.61 Å². The number of para-hydroxylation sites is 1. The minimum absolute atomic E-state index is 0.0483. The number of aryl methyl sites for hydroxylation is 1. The number of carbonyl (C=O) groups excluding carboxylic acids is 2. The van der Waals surface area contributed by atoms with Crippen LogP contribution in [0.5, 0.6) is 5.75 Å². The molecular weight excluding hydrogens is 414 g/mol. The van der Waals surface area contributed by atoms with Crippen LogP contribution in [-0.2, 0) is 4.79 Å². The number of amides is 2. The number of likely N-dealkylation sites (tertiary alicyclic amines) is 1. The summed E-state index contributed by atoms with van der Waals surface area (Å²) in [6, 6.07) is 19.6. The van der Waals surface area contributed by atoms with Gasteiger partial charge < -0.3 is 19.5 Å². The fourth-order valence-corrected chi connectivity index (χ4v) is 4.13. The standard InChI is InChI=1S/C27H31N3O3/c1-21-7-2-3-8-25(21)33-20-6-9-26(31)28-23-14-18-30(19-15-23)27(32)22-10-12-24(13-11-22)29-16-4-5-17-29/h2-5,7-8,10-13,16-17,23H,6,9,14-15,18-20H2,1H3,(H,28,31). The minimum Gasteiger partial charge on any atom is -0.493 e. The van der Waals surface area contributed by atoms with Crippen LogP contribution in [-0.4, -0.2) is 47.0 Å². The molecule has 1 N–H and O–H groups in total. The Hall–Kier alpha value is -3.54. The summed E-state index contributed by atoms with van der Waals surface area (Å²) in [6.45, 7) is 3.84. The van der Waals surface area contributed by atoms with Gasteiger partial charge in [-0.2, -0.15) is 0 Å². The lowest BCUT2D eigenvalue weighted by atomic mass is 10.0. The molecule has 6 nitrogen and oxygen atoms in total. The van der Waals surface area contributed by atoms with Crippen LogP contribution in [0.2, 0.25) is 0 Å². The molecule has 1 aromatic heterocycles. The number of piperidine rings is 1. The van der Waals surface area contributed by atoms with Crippen molar-refractivity contribution >= 4 is 11.8 Å². The number of hydrogen-bond donors (Lipinski definition) is 1. The second-order valence-corrected chi connectivity index (χ2v) is 8.49. The Morgan fingerprint density at radius 1 is 0.970 bits per heavy atom. The van der Waals surface area contributed by atoms with Crippen LogP contribution in [0.4, 0.5) is 0 Å². The summed E-state index contributed by atoms with van der Waals surface area (Å²) in [7, 11) is 0. The molecule has 0 atom stereocenters. The van der Waals surface area contributed by atoms with Crippen LogP contribution in [0.3, 0.4) is 0 Å². The van der Waals surface area contributed by atoms with Gasteiger partial charge in [-0.1, -0.05) is 18.2 Å². The molecule has 0 radical (unpaired) electrons. The van der Waals surface area contributed by atoms with Gasteiger partial charge >= 0.3 is 0 Å². The third-order valence-corrected chi connectivity index (χ3v) is 6.06. The molecule has 2 amide bonds. The molecule has 1 fully saturated rings. The second kappa shape index (κ2) is 10.9. The smallest absolute Gasteiger partial charge is 0.253 e. The summed E-state index contributed by atoms with van der Waals surface area (Å²) in [5.41, 5.74) is 2.82. The van der Waals surface area contributed by atoms with E-state index in [0.717, 1.165) is 29.8 Å². The Labute approximate surface area is 195 Å². The van der Waals surface area contributed by atoms with Gasteiger partial charge in [-0.15, -0.1) is 0 Å². The molecule has 6 heteroatoms. The first-order valence-electron chi connectivity index (χ1n) is 11.6. The lowest BCUT2D eigenvalue weighted by molar-refractivity contribution is -0.122. The molecule has 172 valence electrons. The Morgan fingerprint density at radius 2 is 1.67 bits per heavy atom.